The van der Waals surface area contributed by atoms with Gasteiger partial charge >= 0.3 is 12.1 Å². The van der Waals surface area contributed by atoms with Gasteiger partial charge in [-0.05, 0) is 46.9 Å². The SMILES string of the molecule is CC(CNC(=O)OCC1c2ccccc2-c2ccccc21)CC(=O)NCC(C(=O)O)C1CCC1. The predicted octanol–water partition coefficient (Wildman–Crippen LogP) is 4.17. The van der Waals surface area contributed by atoms with Gasteiger partial charge in [-0.15, -0.1) is 0 Å². The maximum absolute atomic E-state index is 12.3. The topological polar surface area (TPSA) is 105 Å². The fourth-order valence-electron chi connectivity index (χ4n) is 4.89. The molecule has 0 heterocycles. The second kappa shape index (κ2) is 10.7. The van der Waals surface area contributed by atoms with Gasteiger partial charge in [-0.1, -0.05) is 61.9 Å². The number of hydrogen-bond donors (Lipinski definition) is 3. The van der Waals surface area contributed by atoms with Crippen LogP contribution in [0.15, 0.2) is 48.5 Å². The second-order valence-electron chi connectivity index (χ2n) is 9.46. The van der Waals surface area contributed by atoms with E-state index in [1.54, 1.807) is 0 Å². The van der Waals surface area contributed by atoms with Crippen molar-refractivity contribution < 1.29 is 24.2 Å². The molecule has 7 heteroatoms. The molecule has 2 unspecified atom stereocenters. The first kappa shape index (κ1) is 23.8. The monoisotopic (exact) mass is 464 g/mol. The summed E-state index contributed by atoms with van der Waals surface area (Å²) >= 11 is 0. The summed E-state index contributed by atoms with van der Waals surface area (Å²) in [5, 5.41) is 14.9. The first-order valence-electron chi connectivity index (χ1n) is 12.0. The van der Waals surface area contributed by atoms with Gasteiger partial charge in [0.25, 0.3) is 0 Å². The fraction of sp³-hybridized carbons (Fsp3) is 0.444. The number of nitrogens with one attached hydrogen (secondary N) is 2. The molecule has 2 aliphatic rings. The lowest BCUT2D eigenvalue weighted by atomic mass is 9.76. The van der Waals surface area contributed by atoms with Crippen molar-refractivity contribution in [2.45, 2.75) is 38.5 Å². The second-order valence-corrected chi connectivity index (χ2v) is 9.46. The van der Waals surface area contributed by atoms with Gasteiger partial charge in [0.2, 0.25) is 5.91 Å². The molecular formula is C27H32N2O5. The lowest BCUT2D eigenvalue weighted by Crippen LogP contribution is -2.40. The molecule has 0 bridgehead atoms. The molecule has 1 saturated carbocycles. The Morgan fingerprint density at radius 1 is 0.971 bits per heavy atom. The quantitative estimate of drug-likeness (QED) is 0.490. The average molecular weight is 465 g/mol. The molecule has 0 aromatic heterocycles. The number of alkyl carbamates (subject to hydrolysis) is 1. The Balaban J connectivity index is 1.20. The fourth-order valence-corrected chi connectivity index (χ4v) is 4.89. The minimum absolute atomic E-state index is 0.000741. The van der Waals surface area contributed by atoms with Gasteiger partial charge in [-0.25, -0.2) is 4.79 Å². The lowest BCUT2D eigenvalue weighted by Gasteiger charge is -2.31. The van der Waals surface area contributed by atoms with E-state index in [2.05, 4.69) is 34.9 Å². The van der Waals surface area contributed by atoms with Crippen LogP contribution in [0.5, 0.6) is 0 Å². The van der Waals surface area contributed by atoms with E-state index in [-0.39, 0.29) is 43.2 Å². The zero-order chi connectivity index (χ0) is 24.1. The highest BCUT2D eigenvalue weighted by Crippen LogP contribution is 2.44. The zero-order valence-corrected chi connectivity index (χ0v) is 19.5. The van der Waals surface area contributed by atoms with Crippen LogP contribution in [-0.2, 0) is 14.3 Å². The summed E-state index contributed by atoms with van der Waals surface area (Å²) in [5.41, 5.74) is 4.66. The smallest absolute Gasteiger partial charge is 0.407 e. The van der Waals surface area contributed by atoms with Crippen molar-refractivity contribution in [2.24, 2.45) is 17.8 Å². The Morgan fingerprint density at radius 2 is 1.59 bits per heavy atom. The summed E-state index contributed by atoms with van der Waals surface area (Å²) in [6.07, 6.45) is 2.58. The summed E-state index contributed by atoms with van der Waals surface area (Å²) in [5.74, 6) is -1.52. The Hall–Kier alpha value is -3.35. The number of rotatable bonds is 10. The van der Waals surface area contributed by atoms with Gasteiger partial charge in [0.15, 0.2) is 0 Å². The summed E-state index contributed by atoms with van der Waals surface area (Å²) in [6, 6.07) is 16.3. The molecule has 0 radical (unpaired) electrons. The zero-order valence-electron chi connectivity index (χ0n) is 19.5. The van der Waals surface area contributed by atoms with Crippen molar-refractivity contribution in [3.05, 3.63) is 59.7 Å². The Bertz CT molecular complexity index is 1000. The number of aliphatic carboxylic acids is 1. The minimum Gasteiger partial charge on any atom is -0.481 e. The lowest BCUT2D eigenvalue weighted by molar-refractivity contribution is -0.144. The molecule has 180 valence electrons. The molecule has 3 N–H and O–H groups in total. The number of benzene rings is 2. The molecule has 2 aromatic rings. The number of hydrogen-bond acceptors (Lipinski definition) is 4. The summed E-state index contributed by atoms with van der Waals surface area (Å²) < 4.78 is 5.53. The molecule has 4 rings (SSSR count). The average Bonchev–Trinajstić information content (AvgIpc) is 3.11. The third kappa shape index (κ3) is 5.41. The van der Waals surface area contributed by atoms with Crippen molar-refractivity contribution in [2.75, 3.05) is 19.7 Å². The number of amides is 2. The number of carboxylic acid groups (broad SMARTS) is 1. The summed E-state index contributed by atoms with van der Waals surface area (Å²) in [4.78, 5) is 36.0. The summed E-state index contributed by atoms with van der Waals surface area (Å²) in [7, 11) is 0. The van der Waals surface area contributed by atoms with Crippen LogP contribution in [-0.4, -0.2) is 42.8 Å². The van der Waals surface area contributed by atoms with Crippen LogP contribution in [0.2, 0.25) is 0 Å². The standard InChI is InChI=1S/C27H32N2O5/c1-17(13-25(30)28-15-23(26(31)32)18-7-6-8-18)14-29-27(33)34-16-24-21-11-4-2-9-19(21)20-10-3-5-12-22(20)24/h2-5,9-12,17-18,23-24H,6-8,13-16H2,1H3,(H,28,30)(H,29,33)(H,31,32). The van der Waals surface area contributed by atoms with Crippen LogP contribution < -0.4 is 10.6 Å². The van der Waals surface area contributed by atoms with Gasteiger partial charge in [0.05, 0.1) is 5.92 Å². The van der Waals surface area contributed by atoms with Crippen LogP contribution in [0.25, 0.3) is 11.1 Å². The van der Waals surface area contributed by atoms with Gasteiger partial charge in [0.1, 0.15) is 6.61 Å². The maximum Gasteiger partial charge on any atom is 0.407 e. The molecule has 7 nitrogen and oxygen atoms in total. The highest BCUT2D eigenvalue weighted by atomic mass is 16.5. The van der Waals surface area contributed by atoms with E-state index in [0.717, 1.165) is 30.4 Å². The van der Waals surface area contributed by atoms with E-state index in [9.17, 15) is 19.5 Å². The van der Waals surface area contributed by atoms with Gasteiger partial charge in [0, 0.05) is 25.4 Å². The molecule has 2 atom stereocenters. The molecule has 34 heavy (non-hydrogen) atoms. The molecular weight excluding hydrogens is 432 g/mol. The highest BCUT2D eigenvalue weighted by Gasteiger charge is 2.33. The van der Waals surface area contributed by atoms with Crippen LogP contribution in [0.3, 0.4) is 0 Å². The van der Waals surface area contributed by atoms with Crippen molar-refractivity contribution in [1.82, 2.24) is 10.6 Å². The number of carbonyl (C=O) groups excluding carboxylic acids is 2. The molecule has 0 aliphatic heterocycles. The first-order valence-corrected chi connectivity index (χ1v) is 12.0. The Morgan fingerprint density at radius 3 is 2.15 bits per heavy atom. The maximum atomic E-state index is 12.3. The van der Waals surface area contributed by atoms with Gasteiger partial charge in [-0.3, -0.25) is 9.59 Å². The van der Waals surface area contributed by atoms with Crippen molar-refractivity contribution in [3.8, 4) is 11.1 Å². The predicted molar refractivity (Wildman–Crippen MR) is 128 cm³/mol. The van der Waals surface area contributed by atoms with Crippen LogP contribution in [0, 0.1) is 17.8 Å². The van der Waals surface area contributed by atoms with Crippen molar-refractivity contribution >= 4 is 18.0 Å². The van der Waals surface area contributed by atoms with E-state index in [4.69, 9.17) is 4.74 Å². The van der Waals surface area contributed by atoms with Crippen molar-refractivity contribution in [3.63, 3.8) is 0 Å². The molecule has 0 spiro atoms. The minimum atomic E-state index is -0.852. The van der Waals surface area contributed by atoms with Crippen LogP contribution in [0.1, 0.15) is 49.7 Å². The summed E-state index contributed by atoms with van der Waals surface area (Å²) in [6.45, 7) is 2.57. The van der Waals surface area contributed by atoms with E-state index >= 15 is 0 Å². The van der Waals surface area contributed by atoms with E-state index in [1.165, 1.54) is 11.1 Å². The first-order chi connectivity index (χ1) is 16.4. The number of ether oxygens (including phenoxy) is 1. The van der Waals surface area contributed by atoms with Crippen LogP contribution in [0.4, 0.5) is 4.79 Å². The molecule has 2 amide bonds. The normalized spacial score (nSPS) is 16.5. The highest BCUT2D eigenvalue weighted by molar-refractivity contribution is 5.79. The molecule has 1 fully saturated rings. The number of carbonyl (C=O) groups is 3. The van der Waals surface area contributed by atoms with E-state index < -0.39 is 18.0 Å². The number of fused-ring (bicyclic) bond motifs is 3. The Labute approximate surface area is 199 Å². The van der Waals surface area contributed by atoms with Gasteiger partial charge in [-0.2, -0.15) is 0 Å². The largest absolute Gasteiger partial charge is 0.481 e. The molecule has 2 aliphatic carbocycles. The van der Waals surface area contributed by atoms with Crippen molar-refractivity contribution in [1.29, 1.82) is 0 Å². The van der Waals surface area contributed by atoms with E-state index in [0.29, 0.717) is 6.54 Å². The third-order valence-corrected chi connectivity index (χ3v) is 7.03. The number of carboxylic acids is 1. The van der Waals surface area contributed by atoms with E-state index in [1.807, 2.05) is 31.2 Å². The van der Waals surface area contributed by atoms with Crippen LogP contribution >= 0.6 is 0 Å². The molecule has 2 aromatic carbocycles. The third-order valence-electron chi connectivity index (χ3n) is 7.03. The molecule has 0 saturated heterocycles. The Kier molecular flexibility index (Phi) is 7.50. The van der Waals surface area contributed by atoms with Gasteiger partial charge < -0.3 is 20.5 Å².